The van der Waals surface area contributed by atoms with Crippen LogP contribution in [0.2, 0.25) is 0 Å². The van der Waals surface area contributed by atoms with Gasteiger partial charge in [0.2, 0.25) is 5.91 Å². The minimum absolute atomic E-state index is 0.0265. The summed E-state index contributed by atoms with van der Waals surface area (Å²) in [5.41, 5.74) is 8.18. The van der Waals surface area contributed by atoms with E-state index >= 15 is 0 Å². The van der Waals surface area contributed by atoms with Crippen molar-refractivity contribution in [3.8, 4) is 0 Å². The summed E-state index contributed by atoms with van der Waals surface area (Å²) in [6.45, 7) is 0. The number of hydrogen-bond acceptors (Lipinski definition) is 4. The highest BCUT2D eigenvalue weighted by Crippen LogP contribution is 2.42. The standard InChI is InChI=1S/C18H23N3O3/c1-21-14-6-5-13(9-15(14)24-18(21)23)20-17(22)12-7-10-3-2-4-11(8-12)16(10)19/h5-6,9-12,16H,2-4,7-8,19H2,1H3,(H,20,22). The van der Waals surface area contributed by atoms with E-state index in [0.29, 0.717) is 23.1 Å². The first-order valence-corrected chi connectivity index (χ1v) is 8.69. The molecule has 2 fully saturated rings. The molecule has 128 valence electrons. The second-order valence-corrected chi connectivity index (χ2v) is 7.30. The Morgan fingerprint density at radius 2 is 2.00 bits per heavy atom. The highest BCUT2D eigenvalue weighted by molar-refractivity contribution is 5.94. The first-order chi connectivity index (χ1) is 11.5. The van der Waals surface area contributed by atoms with Gasteiger partial charge in [-0.25, -0.2) is 4.79 Å². The number of rotatable bonds is 2. The van der Waals surface area contributed by atoms with Crippen molar-refractivity contribution >= 4 is 22.7 Å². The van der Waals surface area contributed by atoms with Crippen LogP contribution in [-0.4, -0.2) is 16.5 Å². The Morgan fingerprint density at radius 1 is 1.29 bits per heavy atom. The number of anilines is 1. The fraction of sp³-hybridized carbons (Fsp3) is 0.556. The maximum Gasteiger partial charge on any atom is 0.419 e. The van der Waals surface area contributed by atoms with Crippen LogP contribution in [0.25, 0.3) is 11.1 Å². The number of nitrogens with two attached hydrogens (primary N) is 1. The quantitative estimate of drug-likeness (QED) is 0.884. The fourth-order valence-corrected chi connectivity index (χ4v) is 4.46. The van der Waals surface area contributed by atoms with Gasteiger partial charge in [0, 0.05) is 30.8 Å². The van der Waals surface area contributed by atoms with Crippen LogP contribution in [0.15, 0.2) is 27.4 Å². The number of nitrogens with zero attached hydrogens (tertiary/aromatic N) is 1. The molecule has 1 aromatic heterocycles. The summed E-state index contributed by atoms with van der Waals surface area (Å²) < 4.78 is 6.63. The summed E-state index contributed by atoms with van der Waals surface area (Å²) in [5.74, 6) is 0.628. The Balaban J connectivity index is 1.51. The van der Waals surface area contributed by atoms with Crippen LogP contribution in [-0.2, 0) is 11.8 Å². The molecular weight excluding hydrogens is 306 g/mol. The highest BCUT2D eigenvalue weighted by Gasteiger charge is 2.40. The van der Waals surface area contributed by atoms with E-state index < -0.39 is 5.76 Å². The van der Waals surface area contributed by atoms with Gasteiger partial charge in [0.25, 0.3) is 0 Å². The number of fused-ring (bicyclic) bond motifs is 3. The monoisotopic (exact) mass is 329 g/mol. The van der Waals surface area contributed by atoms with Gasteiger partial charge in [-0.2, -0.15) is 0 Å². The van der Waals surface area contributed by atoms with E-state index in [1.54, 1.807) is 19.2 Å². The minimum atomic E-state index is -0.400. The molecule has 0 aliphatic heterocycles. The Bertz CT molecular complexity index is 824. The average molecular weight is 329 g/mol. The first-order valence-electron chi connectivity index (χ1n) is 8.69. The molecule has 4 rings (SSSR count). The van der Waals surface area contributed by atoms with Gasteiger partial charge in [0.1, 0.15) is 0 Å². The molecule has 2 aromatic rings. The summed E-state index contributed by atoms with van der Waals surface area (Å²) in [6, 6.07) is 5.58. The van der Waals surface area contributed by atoms with Crippen molar-refractivity contribution in [2.24, 2.45) is 30.5 Å². The largest absolute Gasteiger partial charge is 0.419 e. The molecule has 3 N–H and O–H groups in total. The fourth-order valence-electron chi connectivity index (χ4n) is 4.46. The molecule has 6 heteroatoms. The number of aryl methyl sites for hydroxylation is 1. The number of hydrogen-bond donors (Lipinski definition) is 2. The van der Waals surface area contributed by atoms with Gasteiger partial charge in [0.05, 0.1) is 5.52 Å². The summed E-state index contributed by atoms with van der Waals surface area (Å²) in [4.78, 5) is 24.2. The van der Waals surface area contributed by atoms with Crippen molar-refractivity contribution in [1.82, 2.24) is 4.57 Å². The van der Waals surface area contributed by atoms with Crippen LogP contribution >= 0.6 is 0 Å². The van der Waals surface area contributed by atoms with E-state index in [1.165, 1.54) is 11.0 Å². The van der Waals surface area contributed by atoms with Crippen LogP contribution in [0, 0.1) is 17.8 Å². The van der Waals surface area contributed by atoms with Crippen LogP contribution < -0.4 is 16.8 Å². The summed E-state index contributed by atoms with van der Waals surface area (Å²) in [5, 5.41) is 2.99. The lowest BCUT2D eigenvalue weighted by Gasteiger charge is -2.43. The SMILES string of the molecule is Cn1c(=O)oc2cc(NC(=O)C3CC4CCCC(C3)C4N)ccc21. The van der Waals surface area contributed by atoms with Crippen molar-refractivity contribution in [2.75, 3.05) is 5.32 Å². The predicted octanol–water partition coefficient (Wildman–Crippen LogP) is 2.22. The zero-order valence-corrected chi connectivity index (χ0v) is 13.8. The summed E-state index contributed by atoms with van der Waals surface area (Å²) in [7, 11) is 1.66. The van der Waals surface area contributed by atoms with Gasteiger partial charge in [-0.05, 0) is 49.7 Å². The van der Waals surface area contributed by atoms with Crippen LogP contribution in [0.3, 0.4) is 0 Å². The highest BCUT2D eigenvalue weighted by atomic mass is 16.4. The smallest absolute Gasteiger partial charge is 0.408 e. The van der Waals surface area contributed by atoms with E-state index in [0.717, 1.165) is 31.2 Å². The van der Waals surface area contributed by atoms with E-state index in [1.807, 2.05) is 6.07 Å². The second-order valence-electron chi connectivity index (χ2n) is 7.30. The molecule has 2 unspecified atom stereocenters. The van der Waals surface area contributed by atoms with E-state index in [2.05, 4.69) is 5.32 Å². The lowest BCUT2D eigenvalue weighted by Crippen LogP contribution is -2.48. The average Bonchev–Trinajstić information content (AvgIpc) is 2.81. The lowest BCUT2D eigenvalue weighted by atomic mass is 9.65. The molecule has 2 bridgehead atoms. The van der Waals surface area contributed by atoms with E-state index in [4.69, 9.17) is 10.2 Å². The molecule has 2 aliphatic rings. The Morgan fingerprint density at radius 3 is 2.71 bits per heavy atom. The third-order valence-corrected chi connectivity index (χ3v) is 5.84. The first kappa shape index (κ1) is 15.4. The van der Waals surface area contributed by atoms with Gasteiger partial charge in [0.15, 0.2) is 5.58 Å². The number of amides is 1. The summed E-state index contributed by atoms with van der Waals surface area (Å²) in [6.07, 6.45) is 5.28. The minimum Gasteiger partial charge on any atom is -0.408 e. The molecule has 0 radical (unpaired) electrons. The maximum atomic E-state index is 12.7. The Kier molecular flexibility index (Phi) is 3.72. The molecule has 1 amide bonds. The number of carbonyl (C=O) groups is 1. The van der Waals surface area contributed by atoms with Crippen LogP contribution in [0.1, 0.15) is 32.1 Å². The normalized spacial score (nSPS) is 29.6. The number of nitrogens with one attached hydrogen (secondary N) is 1. The molecule has 6 nitrogen and oxygen atoms in total. The lowest BCUT2D eigenvalue weighted by molar-refractivity contribution is -0.122. The molecule has 0 saturated heterocycles. The Hall–Kier alpha value is -2.08. The number of carbonyl (C=O) groups excluding carboxylic acids is 1. The molecule has 1 heterocycles. The van der Waals surface area contributed by atoms with Gasteiger partial charge < -0.3 is 15.5 Å². The van der Waals surface area contributed by atoms with Gasteiger partial charge >= 0.3 is 5.76 Å². The zero-order valence-electron chi connectivity index (χ0n) is 13.8. The number of oxazole rings is 1. The predicted molar refractivity (Wildman–Crippen MR) is 91.6 cm³/mol. The number of aromatic nitrogens is 1. The molecular formula is C18H23N3O3. The summed E-state index contributed by atoms with van der Waals surface area (Å²) >= 11 is 0. The zero-order chi connectivity index (χ0) is 16.8. The van der Waals surface area contributed by atoms with Crippen molar-refractivity contribution in [3.63, 3.8) is 0 Å². The van der Waals surface area contributed by atoms with E-state index in [-0.39, 0.29) is 17.9 Å². The van der Waals surface area contributed by atoms with Gasteiger partial charge in [-0.3, -0.25) is 9.36 Å². The van der Waals surface area contributed by atoms with Crippen molar-refractivity contribution in [2.45, 2.75) is 38.1 Å². The third-order valence-electron chi connectivity index (χ3n) is 5.84. The Labute approximate surface area is 140 Å². The van der Waals surface area contributed by atoms with Crippen LogP contribution in [0.5, 0.6) is 0 Å². The molecule has 2 aliphatic carbocycles. The number of benzene rings is 1. The third kappa shape index (κ3) is 2.55. The molecule has 2 atom stereocenters. The maximum absolute atomic E-state index is 12.7. The molecule has 1 aromatic carbocycles. The van der Waals surface area contributed by atoms with Crippen molar-refractivity contribution in [1.29, 1.82) is 0 Å². The van der Waals surface area contributed by atoms with Crippen molar-refractivity contribution in [3.05, 3.63) is 28.7 Å². The van der Waals surface area contributed by atoms with Crippen molar-refractivity contribution < 1.29 is 9.21 Å². The van der Waals surface area contributed by atoms with Gasteiger partial charge in [-0.15, -0.1) is 0 Å². The van der Waals surface area contributed by atoms with E-state index in [9.17, 15) is 9.59 Å². The second kappa shape index (κ2) is 5.77. The van der Waals surface area contributed by atoms with Crippen LogP contribution in [0.4, 0.5) is 5.69 Å². The molecule has 2 saturated carbocycles. The topological polar surface area (TPSA) is 90.3 Å². The van der Waals surface area contributed by atoms with Gasteiger partial charge in [-0.1, -0.05) is 6.42 Å². The molecule has 0 spiro atoms. The molecule has 24 heavy (non-hydrogen) atoms.